The number of nitrogens with one attached hydrogen (secondary N) is 2. The van der Waals surface area contributed by atoms with E-state index in [-0.39, 0.29) is 23.7 Å². The molecule has 0 fully saturated rings. The molecule has 0 spiro atoms. The number of carbonyl (C=O) groups is 3. The minimum absolute atomic E-state index is 0.109. The van der Waals surface area contributed by atoms with Crippen molar-refractivity contribution >= 4 is 34.7 Å². The third-order valence-corrected chi connectivity index (χ3v) is 5.08. The number of pyridine rings is 1. The number of anilines is 2. The number of carbonyl (C=O) groups excluding carboxylic acids is 3. The van der Waals surface area contributed by atoms with E-state index < -0.39 is 11.8 Å². The summed E-state index contributed by atoms with van der Waals surface area (Å²) in [4.78, 5) is 43.2. The van der Waals surface area contributed by atoms with Gasteiger partial charge in [-0.3, -0.25) is 24.3 Å². The van der Waals surface area contributed by atoms with Crippen LogP contribution >= 0.6 is 0 Å². The Hall–Kier alpha value is -4.46. The van der Waals surface area contributed by atoms with E-state index in [1.165, 1.54) is 11.8 Å². The molecular formula is C25H22N4O4. The largest absolute Gasteiger partial charge is 0.497 e. The lowest BCUT2D eigenvalue weighted by Gasteiger charge is -2.15. The second-order valence-electron chi connectivity index (χ2n) is 7.42. The zero-order chi connectivity index (χ0) is 23.4. The Bertz CT molecular complexity index is 1220. The quantitative estimate of drug-likeness (QED) is 0.544. The van der Waals surface area contributed by atoms with Crippen LogP contribution in [0.4, 0.5) is 11.4 Å². The molecule has 0 radical (unpaired) electrons. The highest BCUT2D eigenvalue weighted by Crippen LogP contribution is 2.32. The molecule has 8 heteroatoms. The van der Waals surface area contributed by atoms with E-state index in [4.69, 9.17) is 4.74 Å². The van der Waals surface area contributed by atoms with Crippen molar-refractivity contribution in [2.45, 2.75) is 13.5 Å². The fourth-order valence-corrected chi connectivity index (χ4v) is 3.52. The SMILES string of the molecule is COc1ccc(C2=C(Nc3ccc(NC(C)=O)cc3)C(=O)N(Cc3cccnc3)C2=O)cc1. The number of methoxy groups -OCH3 is 1. The maximum atomic E-state index is 13.4. The lowest BCUT2D eigenvalue weighted by molar-refractivity contribution is -0.137. The molecule has 2 aromatic carbocycles. The topological polar surface area (TPSA) is 101 Å². The molecule has 0 atom stereocenters. The van der Waals surface area contributed by atoms with Crippen LogP contribution in [0, 0.1) is 0 Å². The summed E-state index contributed by atoms with van der Waals surface area (Å²) in [7, 11) is 1.56. The standard InChI is InChI=1S/C25H22N4O4/c1-16(30)27-19-7-9-20(10-8-19)28-23-22(18-5-11-21(33-2)12-6-18)24(31)29(25(23)32)15-17-4-3-13-26-14-17/h3-14,28H,15H2,1-2H3,(H,27,30). The lowest BCUT2D eigenvalue weighted by atomic mass is 10.0. The van der Waals surface area contributed by atoms with Gasteiger partial charge in [-0.1, -0.05) is 18.2 Å². The average Bonchev–Trinajstić information content (AvgIpc) is 3.05. The fourth-order valence-electron chi connectivity index (χ4n) is 3.52. The van der Waals surface area contributed by atoms with E-state index in [9.17, 15) is 14.4 Å². The van der Waals surface area contributed by atoms with Crippen molar-refractivity contribution in [1.29, 1.82) is 0 Å². The van der Waals surface area contributed by atoms with Crippen LogP contribution < -0.4 is 15.4 Å². The number of hydrogen-bond acceptors (Lipinski definition) is 6. The molecule has 0 aliphatic carbocycles. The van der Waals surface area contributed by atoms with Crippen molar-refractivity contribution in [3.05, 3.63) is 89.9 Å². The Morgan fingerprint density at radius 3 is 2.27 bits per heavy atom. The molecular weight excluding hydrogens is 420 g/mol. The van der Waals surface area contributed by atoms with Gasteiger partial charge in [-0.05, 0) is 53.6 Å². The molecule has 8 nitrogen and oxygen atoms in total. The van der Waals surface area contributed by atoms with Gasteiger partial charge in [-0.2, -0.15) is 0 Å². The van der Waals surface area contributed by atoms with Gasteiger partial charge in [0.05, 0.1) is 19.2 Å². The van der Waals surface area contributed by atoms with Gasteiger partial charge in [-0.15, -0.1) is 0 Å². The Kier molecular flexibility index (Phi) is 6.17. The van der Waals surface area contributed by atoms with Gasteiger partial charge in [0.2, 0.25) is 5.91 Å². The van der Waals surface area contributed by atoms with Crippen molar-refractivity contribution < 1.29 is 19.1 Å². The van der Waals surface area contributed by atoms with Crippen molar-refractivity contribution in [1.82, 2.24) is 9.88 Å². The summed E-state index contributed by atoms with van der Waals surface area (Å²) in [5.41, 5.74) is 3.03. The minimum atomic E-state index is -0.430. The van der Waals surface area contributed by atoms with Gasteiger partial charge in [0.25, 0.3) is 11.8 Å². The Balaban J connectivity index is 1.69. The number of amides is 3. The van der Waals surface area contributed by atoms with Crippen LogP contribution in [-0.4, -0.2) is 34.7 Å². The lowest BCUT2D eigenvalue weighted by Crippen LogP contribution is -2.32. The highest BCUT2D eigenvalue weighted by molar-refractivity contribution is 6.36. The molecule has 4 rings (SSSR count). The summed E-state index contributed by atoms with van der Waals surface area (Å²) in [6.45, 7) is 1.54. The number of benzene rings is 2. The van der Waals surface area contributed by atoms with Gasteiger partial charge in [0.15, 0.2) is 0 Å². The molecule has 1 aliphatic rings. The Morgan fingerprint density at radius 2 is 1.67 bits per heavy atom. The van der Waals surface area contributed by atoms with E-state index in [0.29, 0.717) is 22.7 Å². The van der Waals surface area contributed by atoms with Crippen LogP contribution in [-0.2, 0) is 20.9 Å². The van der Waals surface area contributed by atoms with Crippen LogP contribution in [0.25, 0.3) is 5.57 Å². The number of rotatable bonds is 7. The Morgan fingerprint density at radius 1 is 0.970 bits per heavy atom. The second-order valence-corrected chi connectivity index (χ2v) is 7.42. The molecule has 0 saturated carbocycles. The van der Waals surface area contributed by atoms with E-state index in [2.05, 4.69) is 15.6 Å². The molecule has 2 heterocycles. The summed E-state index contributed by atoms with van der Waals surface area (Å²) >= 11 is 0. The van der Waals surface area contributed by atoms with Crippen molar-refractivity contribution in [3.8, 4) is 5.75 Å². The smallest absolute Gasteiger partial charge is 0.278 e. The highest BCUT2D eigenvalue weighted by atomic mass is 16.5. The number of ether oxygens (including phenoxy) is 1. The summed E-state index contributed by atoms with van der Waals surface area (Å²) in [6.07, 6.45) is 3.26. The van der Waals surface area contributed by atoms with Crippen LogP contribution in [0.3, 0.4) is 0 Å². The predicted molar refractivity (Wildman–Crippen MR) is 124 cm³/mol. The average molecular weight is 442 g/mol. The molecule has 33 heavy (non-hydrogen) atoms. The molecule has 0 unspecified atom stereocenters. The van der Waals surface area contributed by atoms with Crippen LogP contribution in [0.1, 0.15) is 18.1 Å². The third kappa shape index (κ3) is 4.74. The monoisotopic (exact) mass is 442 g/mol. The maximum absolute atomic E-state index is 13.4. The molecule has 3 amide bonds. The molecule has 0 bridgehead atoms. The molecule has 166 valence electrons. The first-order valence-corrected chi connectivity index (χ1v) is 10.2. The normalized spacial score (nSPS) is 13.3. The van der Waals surface area contributed by atoms with Crippen molar-refractivity contribution in [2.24, 2.45) is 0 Å². The van der Waals surface area contributed by atoms with E-state index >= 15 is 0 Å². The minimum Gasteiger partial charge on any atom is -0.497 e. The van der Waals surface area contributed by atoms with Crippen LogP contribution in [0.5, 0.6) is 5.75 Å². The molecule has 1 aliphatic heterocycles. The molecule has 2 N–H and O–H groups in total. The number of imide groups is 1. The number of nitrogens with zero attached hydrogens (tertiary/aromatic N) is 2. The molecule has 1 aromatic heterocycles. The van der Waals surface area contributed by atoms with Crippen molar-refractivity contribution in [3.63, 3.8) is 0 Å². The summed E-state index contributed by atoms with van der Waals surface area (Å²) in [5, 5.41) is 5.80. The first-order chi connectivity index (χ1) is 16.0. The first kappa shape index (κ1) is 21.8. The number of hydrogen-bond donors (Lipinski definition) is 2. The van der Waals surface area contributed by atoms with E-state index in [1.807, 2.05) is 6.07 Å². The number of aromatic nitrogens is 1. The maximum Gasteiger partial charge on any atom is 0.278 e. The summed E-state index contributed by atoms with van der Waals surface area (Å²) in [5.74, 6) is -0.360. The Labute approximate surface area is 190 Å². The van der Waals surface area contributed by atoms with Gasteiger partial charge in [0, 0.05) is 30.7 Å². The highest BCUT2D eigenvalue weighted by Gasteiger charge is 2.39. The van der Waals surface area contributed by atoms with Crippen LogP contribution in [0.2, 0.25) is 0 Å². The van der Waals surface area contributed by atoms with Crippen molar-refractivity contribution in [2.75, 3.05) is 17.7 Å². The van der Waals surface area contributed by atoms with E-state index in [0.717, 1.165) is 5.56 Å². The second kappa shape index (κ2) is 9.35. The van der Waals surface area contributed by atoms with Gasteiger partial charge < -0.3 is 15.4 Å². The zero-order valence-corrected chi connectivity index (χ0v) is 18.2. The molecule has 0 saturated heterocycles. The van der Waals surface area contributed by atoms with Gasteiger partial charge >= 0.3 is 0 Å². The summed E-state index contributed by atoms with van der Waals surface area (Å²) < 4.78 is 5.21. The molecule has 3 aromatic rings. The van der Waals surface area contributed by atoms with Crippen LogP contribution in [0.15, 0.2) is 78.8 Å². The van der Waals surface area contributed by atoms with Gasteiger partial charge in [-0.25, -0.2) is 0 Å². The van der Waals surface area contributed by atoms with Gasteiger partial charge in [0.1, 0.15) is 11.4 Å². The predicted octanol–water partition coefficient (Wildman–Crippen LogP) is 3.44. The first-order valence-electron chi connectivity index (χ1n) is 10.2. The summed E-state index contributed by atoms with van der Waals surface area (Å²) in [6, 6.07) is 17.4. The fraction of sp³-hybridized carbons (Fsp3) is 0.120. The zero-order valence-electron chi connectivity index (χ0n) is 18.2. The van der Waals surface area contributed by atoms with E-state index in [1.54, 1.807) is 74.1 Å². The third-order valence-electron chi connectivity index (χ3n) is 5.08.